The fourth-order valence-corrected chi connectivity index (χ4v) is 5.45. The van der Waals surface area contributed by atoms with Gasteiger partial charge in [0.25, 0.3) is 5.91 Å². The molecule has 0 aromatic carbocycles. The Bertz CT molecular complexity index is 1300. The number of carboxylic acid groups (broad SMARTS) is 1. The molecule has 1 N–H and O–H groups in total. The number of carboxylic acids is 1. The van der Waals surface area contributed by atoms with Crippen molar-refractivity contribution < 1.29 is 37.4 Å². The fourth-order valence-electron chi connectivity index (χ4n) is 4.82. The number of nitrogens with zero attached hydrogens (tertiary/aromatic N) is 4. The van der Waals surface area contributed by atoms with E-state index in [1.54, 1.807) is 27.7 Å². The van der Waals surface area contributed by atoms with Crippen LogP contribution in [0.2, 0.25) is 10.0 Å². The van der Waals surface area contributed by atoms with E-state index in [-0.39, 0.29) is 53.7 Å². The first-order valence-corrected chi connectivity index (χ1v) is 13.2. The molecule has 0 radical (unpaired) electrons. The van der Waals surface area contributed by atoms with Crippen molar-refractivity contribution in [2.75, 3.05) is 20.2 Å². The summed E-state index contributed by atoms with van der Waals surface area (Å²) in [7, 11) is 1.29. The number of carbonyl (C=O) groups is 3. The number of pyridine rings is 1. The fraction of sp³-hybridized carbons (Fsp3) is 0.577. The molecule has 1 saturated carbocycles. The molecule has 1 aliphatic carbocycles. The number of halogens is 5. The zero-order valence-corrected chi connectivity index (χ0v) is 24.2. The number of aliphatic carboxylic acids is 1. The number of hydrogen-bond donors (Lipinski definition) is 1. The number of alkyl halides is 3. The average molecular weight is 607 g/mol. The van der Waals surface area contributed by atoms with E-state index in [4.69, 9.17) is 27.9 Å². The number of hydrogen-bond acceptors (Lipinski definition) is 6. The van der Waals surface area contributed by atoms with Gasteiger partial charge in [0.2, 0.25) is 5.88 Å². The molecule has 2 aromatic heterocycles. The van der Waals surface area contributed by atoms with E-state index in [9.17, 15) is 32.7 Å². The molecular formula is C26H31Cl2F3N4O5. The van der Waals surface area contributed by atoms with Crippen molar-refractivity contribution in [3.63, 3.8) is 0 Å². The van der Waals surface area contributed by atoms with Crippen LogP contribution in [0.25, 0.3) is 0 Å². The van der Waals surface area contributed by atoms with Crippen LogP contribution in [0.15, 0.2) is 12.4 Å². The van der Waals surface area contributed by atoms with Gasteiger partial charge in [-0.25, -0.2) is 4.98 Å². The zero-order chi connectivity index (χ0) is 30.2. The SMILES string of the molecule is COc1ncc(Cl)c(C(=O)CN(CC(C)(C)C)C(=O)c2cnn([C@H]3CC[C@](C)(C(=O)O)CC3)c2C(F)(F)F)c1Cl. The second-order valence-corrected chi connectivity index (χ2v) is 12.2. The van der Waals surface area contributed by atoms with Gasteiger partial charge in [-0.2, -0.15) is 18.3 Å². The zero-order valence-electron chi connectivity index (χ0n) is 22.7. The number of Topliss-reactive ketones (excluding diaryl/α,β-unsaturated/α-hetero) is 1. The van der Waals surface area contributed by atoms with Gasteiger partial charge in [-0.05, 0) is 38.0 Å². The molecule has 3 rings (SSSR count). The van der Waals surface area contributed by atoms with E-state index in [2.05, 4.69) is 10.1 Å². The Morgan fingerprint density at radius 2 is 1.77 bits per heavy atom. The van der Waals surface area contributed by atoms with Crippen LogP contribution in [0.4, 0.5) is 13.2 Å². The molecule has 0 aliphatic heterocycles. The molecular weight excluding hydrogens is 576 g/mol. The topological polar surface area (TPSA) is 115 Å². The lowest BCUT2D eigenvalue weighted by molar-refractivity contribution is -0.152. The lowest BCUT2D eigenvalue weighted by Gasteiger charge is -2.34. The van der Waals surface area contributed by atoms with E-state index < -0.39 is 58.5 Å². The normalized spacial score (nSPS) is 19.8. The van der Waals surface area contributed by atoms with E-state index in [1.807, 2.05) is 0 Å². The summed E-state index contributed by atoms with van der Waals surface area (Å²) in [4.78, 5) is 43.5. The van der Waals surface area contributed by atoms with Gasteiger partial charge in [0.1, 0.15) is 5.02 Å². The smallest absolute Gasteiger partial charge is 0.433 e. The van der Waals surface area contributed by atoms with Gasteiger partial charge < -0.3 is 14.7 Å². The van der Waals surface area contributed by atoms with Gasteiger partial charge in [0, 0.05) is 6.54 Å². The summed E-state index contributed by atoms with van der Waals surface area (Å²) < 4.78 is 49.0. The number of aromatic nitrogens is 3. The number of carbonyl (C=O) groups excluding carboxylic acids is 2. The molecule has 2 heterocycles. The Kier molecular flexibility index (Phi) is 9.15. The molecule has 220 valence electrons. The summed E-state index contributed by atoms with van der Waals surface area (Å²) in [5.41, 5.74) is -3.76. The predicted octanol–water partition coefficient (Wildman–Crippen LogP) is 6.19. The van der Waals surface area contributed by atoms with Crippen LogP contribution in [0.3, 0.4) is 0 Å². The molecule has 0 atom stereocenters. The highest BCUT2D eigenvalue weighted by molar-refractivity contribution is 6.40. The largest absolute Gasteiger partial charge is 0.481 e. The maximum Gasteiger partial charge on any atom is 0.433 e. The first-order valence-electron chi connectivity index (χ1n) is 12.5. The molecule has 40 heavy (non-hydrogen) atoms. The summed E-state index contributed by atoms with van der Waals surface area (Å²) in [5.74, 6) is -2.83. The van der Waals surface area contributed by atoms with Gasteiger partial charge in [-0.3, -0.25) is 19.1 Å². The third-order valence-electron chi connectivity index (χ3n) is 6.92. The summed E-state index contributed by atoms with van der Waals surface area (Å²) in [5, 5.41) is 13.1. The van der Waals surface area contributed by atoms with Gasteiger partial charge in [-0.15, -0.1) is 0 Å². The second kappa shape index (κ2) is 11.6. The van der Waals surface area contributed by atoms with Gasteiger partial charge in [0.05, 0.1) is 53.7 Å². The van der Waals surface area contributed by atoms with Gasteiger partial charge >= 0.3 is 12.1 Å². The summed E-state index contributed by atoms with van der Waals surface area (Å²) in [6, 6.07) is -0.745. The van der Waals surface area contributed by atoms with Crippen molar-refractivity contribution >= 4 is 40.9 Å². The highest BCUT2D eigenvalue weighted by Gasteiger charge is 2.45. The average Bonchev–Trinajstić information content (AvgIpc) is 3.29. The molecule has 1 amide bonds. The first-order chi connectivity index (χ1) is 18.4. The number of methoxy groups -OCH3 is 1. The van der Waals surface area contributed by atoms with Crippen LogP contribution in [-0.2, 0) is 11.0 Å². The predicted molar refractivity (Wildman–Crippen MR) is 141 cm³/mol. The quantitative estimate of drug-likeness (QED) is 0.356. The number of amides is 1. The lowest BCUT2D eigenvalue weighted by atomic mass is 9.74. The Morgan fingerprint density at radius 3 is 2.27 bits per heavy atom. The van der Waals surface area contributed by atoms with Crippen LogP contribution in [0.1, 0.15) is 85.8 Å². The minimum Gasteiger partial charge on any atom is -0.481 e. The number of rotatable bonds is 8. The van der Waals surface area contributed by atoms with E-state index in [0.717, 1.165) is 22.0 Å². The summed E-state index contributed by atoms with van der Waals surface area (Å²) in [6.45, 7) is 6.17. The molecule has 1 aliphatic rings. The van der Waals surface area contributed by atoms with E-state index in [0.29, 0.717) is 0 Å². The minimum atomic E-state index is -4.95. The molecule has 0 unspecified atom stereocenters. The maximum atomic E-state index is 14.4. The van der Waals surface area contributed by atoms with Crippen molar-refractivity contribution in [1.82, 2.24) is 19.7 Å². The van der Waals surface area contributed by atoms with Gasteiger partial charge in [0.15, 0.2) is 11.5 Å². The van der Waals surface area contributed by atoms with Crippen molar-refractivity contribution in [2.45, 2.75) is 65.6 Å². The minimum absolute atomic E-state index is 0.0715. The number of ether oxygens (including phenoxy) is 1. The summed E-state index contributed by atoms with van der Waals surface area (Å²) in [6.07, 6.45) is -2.33. The molecule has 0 spiro atoms. The maximum absolute atomic E-state index is 14.4. The van der Waals surface area contributed by atoms with Crippen molar-refractivity contribution in [2.24, 2.45) is 10.8 Å². The Labute approximate surface area is 239 Å². The highest BCUT2D eigenvalue weighted by atomic mass is 35.5. The van der Waals surface area contributed by atoms with Crippen LogP contribution in [0.5, 0.6) is 5.88 Å². The monoisotopic (exact) mass is 606 g/mol. The van der Waals surface area contributed by atoms with Gasteiger partial charge in [-0.1, -0.05) is 44.0 Å². The molecule has 1 fully saturated rings. The number of ketones is 1. The lowest BCUT2D eigenvalue weighted by Crippen LogP contribution is -2.42. The van der Waals surface area contributed by atoms with Crippen molar-refractivity contribution in [1.29, 1.82) is 0 Å². The molecule has 2 aromatic rings. The van der Waals surface area contributed by atoms with Crippen molar-refractivity contribution in [3.8, 4) is 5.88 Å². The second-order valence-electron chi connectivity index (χ2n) is 11.4. The van der Waals surface area contributed by atoms with Crippen LogP contribution in [-0.4, -0.2) is 62.6 Å². The molecule has 0 bridgehead atoms. The Morgan fingerprint density at radius 1 is 1.18 bits per heavy atom. The Hall–Kier alpha value is -2.86. The molecule has 0 saturated heterocycles. The highest BCUT2D eigenvalue weighted by Crippen LogP contribution is 2.43. The van der Waals surface area contributed by atoms with E-state index in [1.165, 1.54) is 7.11 Å². The molecule has 9 nitrogen and oxygen atoms in total. The summed E-state index contributed by atoms with van der Waals surface area (Å²) >= 11 is 12.4. The first kappa shape index (κ1) is 31.7. The third kappa shape index (κ3) is 6.71. The van der Waals surface area contributed by atoms with E-state index >= 15 is 0 Å². The molecule has 14 heteroatoms. The van der Waals surface area contributed by atoms with Crippen LogP contribution in [0, 0.1) is 10.8 Å². The van der Waals surface area contributed by atoms with Crippen LogP contribution >= 0.6 is 23.2 Å². The standard InChI is InChI=1S/C26H31Cl2F3N4O5/c1-24(2,3)13-34(12-17(36)18-16(27)11-32-21(40-5)19(18)28)22(37)15-10-33-35(20(15)26(29,30)31)14-6-8-25(4,9-7-14)23(38)39/h10-11,14H,6-9,12-13H2,1-5H3,(H,38,39)/t14-,25-. The Balaban J connectivity index is 2.00. The van der Waals surface area contributed by atoms with Crippen molar-refractivity contribution in [3.05, 3.63) is 39.3 Å². The van der Waals surface area contributed by atoms with Crippen LogP contribution < -0.4 is 4.74 Å². The third-order valence-corrected chi connectivity index (χ3v) is 7.55.